The first-order valence-electron chi connectivity index (χ1n) is 6.28. The summed E-state index contributed by atoms with van der Waals surface area (Å²) in [4.78, 5) is 0. The fourth-order valence-electron chi connectivity index (χ4n) is 1.85. The van der Waals surface area contributed by atoms with Crippen molar-refractivity contribution in [1.29, 1.82) is 5.26 Å². The molecule has 2 nitrogen and oxygen atoms in total. The minimum absolute atomic E-state index is 0.284. The van der Waals surface area contributed by atoms with E-state index in [4.69, 9.17) is 21.6 Å². The molecule has 0 saturated heterocycles. The average molecular weight is 345 g/mol. The average Bonchev–Trinajstić information content (AvgIpc) is 2.35. The molecule has 0 saturated carbocycles. The van der Waals surface area contributed by atoms with E-state index in [1.807, 2.05) is 32.9 Å². The van der Waals surface area contributed by atoms with Crippen LogP contribution in [0.2, 0.25) is 0 Å². The summed E-state index contributed by atoms with van der Waals surface area (Å²) in [7, 11) is 0. The van der Waals surface area contributed by atoms with Gasteiger partial charge in [-0.05, 0) is 51.3 Å². The molecule has 0 heterocycles. The number of ether oxygens (including phenoxy) is 1. The Labute approximate surface area is 128 Å². The van der Waals surface area contributed by atoms with Gasteiger partial charge in [0.2, 0.25) is 0 Å². The molecule has 0 bridgehead atoms. The van der Waals surface area contributed by atoms with E-state index in [2.05, 4.69) is 22.0 Å². The third kappa shape index (κ3) is 5.04. The Hall–Kier alpha value is -0.720. The van der Waals surface area contributed by atoms with Crippen molar-refractivity contribution in [3.63, 3.8) is 0 Å². The summed E-state index contributed by atoms with van der Waals surface area (Å²) < 4.78 is 6.85. The Morgan fingerprint density at radius 2 is 2.11 bits per heavy atom. The summed E-state index contributed by atoms with van der Waals surface area (Å²) in [6, 6.07) is 6.30. The van der Waals surface area contributed by atoms with Gasteiger partial charge in [0.15, 0.2) is 0 Å². The van der Waals surface area contributed by atoms with Gasteiger partial charge in [-0.25, -0.2) is 0 Å². The van der Waals surface area contributed by atoms with E-state index in [1.165, 1.54) is 0 Å². The number of alkyl halides is 1. The van der Waals surface area contributed by atoms with E-state index >= 15 is 0 Å². The number of rotatable bonds is 6. The fourth-order valence-corrected chi connectivity index (χ4v) is 2.67. The van der Waals surface area contributed by atoms with Crippen LogP contribution in [0.4, 0.5) is 0 Å². The summed E-state index contributed by atoms with van der Waals surface area (Å²) in [5.74, 6) is 1.30. The van der Waals surface area contributed by atoms with Gasteiger partial charge < -0.3 is 4.74 Å². The van der Waals surface area contributed by atoms with Crippen molar-refractivity contribution < 1.29 is 4.74 Å². The van der Waals surface area contributed by atoms with Crippen LogP contribution in [-0.2, 0) is 5.88 Å². The highest BCUT2D eigenvalue weighted by atomic mass is 79.9. The predicted octanol–water partition coefficient (Wildman–Crippen LogP) is 5.21. The maximum Gasteiger partial charge on any atom is 0.126 e. The number of benzene rings is 1. The quantitative estimate of drug-likeness (QED) is 0.524. The Morgan fingerprint density at radius 1 is 1.42 bits per heavy atom. The highest BCUT2D eigenvalue weighted by Crippen LogP contribution is 2.30. The highest BCUT2D eigenvalue weighted by molar-refractivity contribution is 9.10. The summed E-state index contributed by atoms with van der Waals surface area (Å²) in [6.07, 6.45) is 1.69. The molecule has 0 aliphatic heterocycles. The molecule has 104 valence electrons. The SMILES string of the molecule is Cc1cc(Br)cc(CCl)c1OCCCC(C)(C)C#N. The summed E-state index contributed by atoms with van der Waals surface area (Å²) in [6.45, 7) is 6.51. The molecule has 4 heteroatoms. The topological polar surface area (TPSA) is 33.0 Å². The zero-order chi connectivity index (χ0) is 14.5. The van der Waals surface area contributed by atoms with Crippen molar-refractivity contribution in [1.82, 2.24) is 0 Å². The Balaban J connectivity index is 2.62. The van der Waals surface area contributed by atoms with Crippen molar-refractivity contribution in [3.05, 3.63) is 27.7 Å². The van der Waals surface area contributed by atoms with Crippen LogP contribution in [0.15, 0.2) is 16.6 Å². The molecule has 1 aromatic carbocycles. The first-order valence-corrected chi connectivity index (χ1v) is 7.61. The number of nitriles is 1. The lowest BCUT2D eigenvalue weighted by atomic mass is 9.90. The highest BCUT2D eigenvalue weighted by Gasteiger charge is 2.16. The Kier molecular flexibility index (Phi) is 6.16. The first kappa shape index (κ1) is 16.3. The fraction of sp³-hybridized carbons (Fsp3) is 0.533. The normalized spacial score (nSPS) is 11.2. The number of nitrogens with zero attached hydrogens (tertiary/aromatic N) is 1. The van der Waals surface area contributed by atoms with Crippen LogP contribution in [0, 0.1) is 23.7 Å². The van der Waals surface area contributed by atoms with Gasteiger partial charge in [-0.3, -0.25) is 0 Å². The third-order valence-corrected chi connectivity index (χ3v) is 3.70. The van der Waals surface area contributed by atoms with Crippen LogP contribution in [-0.4, -0.2) is 6.61 Å². The lowest BCUT2D eigenvalue weighted by molar-refractivity contribution is 0.281. The van der Waals surface area contributed by atoms with Gasteiger partial charge in [0.1, 0.15) is 5.75 Å². The standard InChI is InChI=1S/C15H19BrClNO/c1-11-7-13(16)8-12(9-17)14(11)19-6-4-5-15(2,3)10-18/h7-8H,4-6,9H2,1-3H3. The van der Waals surface area contributed by atoms with Gasteiger partial charge in [0, 0.05) is 10.0 Å². The van der Waals surface area contributed by atoms with Crippen molar-refractivity contribution >= 4 is 27.5 Å². The van der Waals surface area contributed by atoms with Crippen molar-refractivity contribution in [2.45, 2.75) is 39.5 Å². The largest absolute Gasteiger partial charge is 0.493 e. The minimum atomic E-state index is -0.284. The maximum absolute atomic E-state index is 8.95. The second-order valence-corrected chi connectivity index (χ2v) is 6.48. The second kappa shape index (κ2) is 7.17. The molecule has 0 N–H and O–H groups in total. The Bertz CT molecular complexity index is 480. The van der Waals surface area contributed by atoms with Crippen molar-refractivity contribution in [3.8, 4) is 11.8 Å². The molecule has 0 unspecified atom stereocenters. The van der Waals surface area contributed by atoms with Gasteiger partial charge in [-0.2, -0.15) is 5.26 Å². The molecule has 0 amide bonds. The number of aryl methyl sites for hydroxylation is 1. The first-order chi connectivity index (χ1) is 8.89. The van der Waals surface area contributed by atoms with Gasteiger partial charge in [-0.15, -0.1) is 11.6 Å². The molecule has 19 heavy (non-hydrogen) atoms. The van der Waals surface area contributed by atoms with Crippen LogP contribution in [0.5, 0.6) is 5.75 Å². The van der Waals surface area contributed by atoms with Crippen LogP contribution in [0.3, 0.4) is 0 Å². The van der Waals surface area contributed by atoms with E-state index < -0.39 is 0 Å². The minimum Gasteiger partial charge on any atom is -0.493 e. The van der Waals surface area contributed by atoms with E-state index in [-0.39, 0.29) is 5.41 Å². The van der Waals surface area contributed by atoms with Gasteiger partial charge >= 0.3 is 0 Å². The summed E-state index contributed by atoms with van der Waals surface area (Å²) >= 11 is 9.39. The molecular formula is C15H19BrClNO. The molecule has 0 radical (unpaired) electrons. The molecule has 1 rings (SSSR count). The predicted molar refractivity (Wildman–Crippen MR) is 82.6 cm³/mol. The lowest BCUT2D eigenvalue weighted by Gasteiger charge is -2.17. The monoisotopic (exact) mass is 343 g/mol. The molecule has 0 spiro atoms. The molecule has 0 atom stereocenters. The molecule has 0 aromatic heterocycles. The number of hydrogen-bond donors (Lipinski definition) is 0. The van der Waals surface area contributed by atoms with Gasteiger partial charge in [0.25, 0.3) is 0 Å². The van der Waals surface area contributed by atoms with Crippen molar-refractivity contribution in [2.75, 3.05) is 6.61 Å². The second-order valence-electron chi connectivity index (χ2n) is 5.29. The van der Waals surface area contributed by atoms with Gasteiger partial charge in [-0.1, -0.05) is 15.9 Å². The van der Waals surface area contributed by atoms with Crippen LogP contribution in [0.25, 0.3) is 0 Å². The van der Waals surface area contributed by atoms with Crippen molar-refractivity contribution in [2.24, 2.45) is 5.41 Å². The third-order valence-electron chi connectivity index (χ3n) is 2.96. The summed E-state index contributed by atoms with van der Waals surface area (Å²) in [5, 5.41) is 8.95. The zero-order valence-electron chi connectivity index (χ0n) is 11.6. The smallest absolute Gasteiger partial charge is 0.126 e. The molecule has 0 aliphatic carbocycles. The maximum atomic E-state index is 8.95. The number of hydrogen-bond acceptors (Lipinski definition) is 2. The van der Waals surface area contributed by atoms with Crippen LogP contribution < -0.4 is 4.74 Å². The Morgan fingerprint density at radius 3 is 2.68 bits per heavy atom. The van der Waals surface area contributed by atoms with Gasteiger partial charge in [0.05, 0.1) is 24.0 Å². The molecular weight excluding hydrogens is 326 g/mol. The summed E-state index contributed by atoms with van der Waals surface area (Å²) in [5.41, 5.74) is 1.78. The molecule has 1 aromatic rings. The number of halogens is 2. The van der Waals surface area contributed by atoms with E-state index in [1.54, 1.807) is 0 Å². The lowest BCUT2D eigenvalue weighted by Crippen LogP contribution is -2.10. The van der Waals surface area contributed by atoms with Crippen LogP contribution >= 0.6 is 27.5 Å². The zero-order valence-corrected chi connectivity index (χ0v) is 13.9. The van der Waals surface area contributed by atoms with E-state index in [0.29, 0.717) is 12.5 Å². The molecule has 0 aliphatic rings. The molecule has 0 fully saturated rings. The van der Waals surface area contributed by atoms with E-state index in [0.717, 1.165) is 34.2 Å². The van der Waals surface area contributed by atoms with Crippen LogP contribution in [0.1, 0.15) is 37.8 Å². The van der Waals surface area contributed by atoms with E-state index in [9.17, 15) is 0 Å².